The first-order chi connectivity index (χ1) is 12.3. The molecule has 3 rings (SSSR count). The number of fused-ring (bicyclic) bond motifs is 1. The summed E-state index contributed by atoms with van der Waals surface area (Å²) in [5, 5.41) is 6.60. The van der Waals surface area contributed by atoms with Gasteiger partial charge in [-0.25, -0.2) is 9.38 Å². The van der Waals surface area contributed by atoms with E-state index in [9.17, 15) is 4.39 Å². The van der Waals surface area contributed by atoms with Crippen LogP contribution in [-0.2, 0) is 6.54 Å². The molecule has 0 amide bonds. The molecule has 2 N–H and O–H groups in total. The number of guanidine groups is 1. The highest BCUT2D eigenvalue weighted by molar-refractivity contribution is 14.0. The van der Waals surface area contributed by atoms with E-state index in [2.05, 4.69) is 21.7 Å². The van der Waals surface area contributed by atoms with Crippen molar-refractivity contribution in [2.24, 2.45) is 4.99 Å². The van der Waals surface area contributed by atoms with E-state index in [1.165, 1.54) is 11.6 Å². The van der Waals surface area contributed by atoms with E-state index in [0.717, 1.165) is 31.9 Å². The number of ether oxygens (including phenoxy) is 1. The summed E-state index contributed by atoms with van der Waals surface area (Å²) in [6.45, 7) is 4.58. The van der Waals surface area contributed by atoms with Crippen molar-refractivity contribution in [3.05, 3.63) is 65.5 Å². The third kappa shape index (κ3) is 5.33. The Morgan fingerprint density at radius 2 is 1.92 bits per heavy atom. The second kappa shape index (κ2) is 10.4. The quantitative estimate of drug-likeness (QED) is 0.395. The number of hydrogen-bond donors (Lipinski definition) is 2. The smallest absolute Gasteiger partial charge is 0.191 e. The molecule has 4 nitrogen and oxygen atoms in total. The van der Waals surface area contributed by atoms with Crippen LogP contribution in [0.15, 0.2) is 53.5 Å². The Morgan fingerprint density at radius 1 is 1.15 bits per heavy atom. The zero-order chi connectivity index (χ0) is 17.5. The van der Waals surface area contributed by atoms with E-state index in [-0.39, 0.29) is 29.8 Å². The second-order valence-electron chi connectivity index (χ2n) is 6.04. The minimum Gasteiger partial charge on any atom is -0.493 e. The third-order valence-corrected chi connectivity index (χ3v) is 4.31. The van der Waals surface area contributed by atoms with Gasteiger partial charge in [-0.15, -0.1) is 24.0 Å². The molecule has 2 aromatic carbocycles. The molecule has 0 spiro atoms. The first kappa shape index (κ1) is 20.5. The summed E-state index contributed by atoms with van der Waals surface area (Å²) in [5.74, 6) is 1.83. The van der Waals surface area contributed by atoms with Gasteiger partial charge >= 0.3 is 0 Å². The molecule has 1 atom stereocenters. The van der Waals surface area contributed by atoms with Gasteiger partial charge in [-0.1, -0.05) is 36.4 Å². The monoisotopic (exact) mass is 469 g/mol. The number of rotatable bonds is 5. The molecule has 1 unspecified atom stereocenters. The van der Waals surface area contributed by atoms with Gasteiger partial charge in [0.25, 0.3) is 0 Å². The average Bonchev–Trinajstić information content (AvgIpc) is 2.65. The normalized spacial score (nSPS) is 16.1. The van der Waals surface area contributed by atoms with E-state index >= 15 is 0 Å². The number of nitrogens with zero attached hydrogens (tertiary/aromatic N) is 1. The number of hydrogen-bond acceptors (Lipinski definition) is 2. The van der Waals surface area contributed by atoms with Gasteiger partial charge in [-0.3, -0.25) is 0 Å². The van der Waals surface area contributed by atoms with Crippen molar-refractivity contribution in [2.75, 3.05) is 19.7 Å². The summed E-state index contributed by atoms with van der Waals surface area (Å²) in [6.07, 6.45) is 0.969. The number of aliphatic imine (C=N–C) groups is 1. The molecule has 26 heavy (non-hydrogen) atoms. The van der Waals surface area contributed by atoms with Crippen molar-refractivity contribution in [2.45, 2.75) is 25.8 Å². The van der Waals surface area contributed by atoms with E-state index < -0.39 is 0 Å². The maximum atomic E-state index is 13.7. The molecular weight excluding hydrogens is 444 g/mol. The third-order valence-electron chi connectivity index (χ3n) is 4.31. The average molecular weight is 469 g/mol. The summed E-state index contributed by atoms with van der Waals surface area (Å²) in [4.78, 5) is 4.51. The van der Waals surface area contributed by atoms with Gasteiger partial charge in [0.1, 0.15) is 11.6 Å². The molecule has 0 aromatic heterocycles. The van der Waals surface area contributed by atoms with Crippen LogP contribution in [0.5, 0.6) is 5.75 Å². The summed E-state index contributed by atoms with van der Waals surface area (Å²) in [7, 11) is 0. The molecule has 0 saturated carbocycles. The molecule has 0 radical (unpaired) electrons. The van der Waals surface area contributed by atoms with Crippen molar-refractivity contribution >= 4 is 29.9 Å². The fourth-order valence-corrected chi connectivity index (χ4v) is 2.98. The lowest BCUT2D eigenvalue weighted by Gasteiger charge is -2.26. The van der Waals surface area contributed by atoms with Gasteiger partial charge in [0.05, 0.1) is 13.2 Å². The van der Waals surface area contributed by atoms with Crippen molar-refractivity contribution in [1.82, 2.24) is 10.6 Å². The Labute approximate surface area is 171 Å². The first-order valence-corrected chi connectivity index (χ1v) is 8.75. The lowest BCUT2D eigenvalue weighted by Crippen LogP contribution is -2.40. The first-order valence-electron chi connectivity index (χ1n) is 8.75. The maximum absolute atomic E-state index is 13.7. The second-order valence-corrected chi connectivity index (χ2v) is 6.04. The highest BCUT2D eigenvalue weighted by atomic mass is 127. The van der Waals surface area contributed by atoms with Crippen molar-refractivity contribution in [3.8, 4) is 5.75 Å². The van der Waals surface area contributed by atoms with Gasteiger partial charge < -0.3 is 15.4 Å². The number of benzene rings is 2. The Balaban J connectivity index is 0.00000243. The van der Waals surface area contributed by atoms with Crippen molar-refractivity contribution < 1.29 is 9.13 Å². The summed E-state index contributed by atoms with van der Waals surface area (Å²) in [5.41, 5.74) is 1.82. The van der Waals surface area contributed by atoms with Crippen LogP contribution in [0.25, 0.3) is 0 Å². The highest BCUT2D eigenvalue weighted by Crippen LogP contribution is 2.32. The van der Waals surface area contributed by atoms with Crippen LogP contribution in [0.3, 0.4) is 0 Å². The molecular formula is C20H25FIN3O. The molecule has 0 bridgehead atoms. The van der Waals surface area contributed by atoms with Crippen LogP contribution in [0.2, 0.25) is 0 Å². The summed E-state index contributed by atoms with van der Waals surface area (Å²) < 4.78 is 19.5. The SMILES string of the molecule is CCNC(=NCc1ccccc1F)NCC1CCOc2ccccc21.I. The lowest BCUT2D eigenvalue weighted by molar-refractivity contribution is 0.267. The van der Waals surface area contributed by atoms with Gasteiger partial charge in [-0.2, -0.15) is 0 Å². The van der Waals surface area contributed by atoms with E-state index in [1.807, 2.05) is 31.2 Å². The highest BCUT2D eigenvalue weighted by Gasteiger charge is 2.21. The van der Waals surface area contributed by atoms with E-state index in [4.69, 9.17) is 4.74 Å². The molecule has 0 fully saturated rings. The predicted octanol–water partition coefficient (Wildman–Crippen LogP) is 4.07. The minimum atomic E-state index is -0.222. The molecule has 1 aliphatic heterocycles. The molecule has 1 heterocycles. The zero-order valence-electron chi connectivity index (χ0n) is 14.9. The molecule has 6 heteroatoms. The van der Waals surface area contributed by atoms with E-state index in [0.29, 0.717) is 24.0 Å². The van der Waals surface area contributed by atoms with Gasteiger partial charge in [-0.05, 0) is 31.0 Å². The Bertz CT molecular complexity index is 739. The Morgan fingerprint density at radius 3 is 2.73 bits per heavy atom. The minimum absolute atomic E-state index is 0. The number of para-hydroxylation sites is 1. The summed E-state index contributed by atoms with van der Waals surface area (Å²) in [6, 6.07) is 14.9. The van der Waals surface area contributed by atoms with Gasteiger partial charge in [0, 0.05) is 24.6 Å². The van der Waals surface area contributed by atoms with Crippen LogP contribution in [0.1, 0.15) is 30.4 Å². The van der Waals surface area contributed by atoms with Crippen molar-refractivity contribution in [3.63, 3.8) is 0 Å². The Kier molecular flexibility index (Phi) is 8.15. The van der Waals surface area contributed by atoms with Crippen LogP contribution in [0, 0.1) is 5.82 Å². The molecule has 0 aliphatic carbocycles. The topological polar surface area (TPSA) is 45.7 Å². The molecule has 1 aliphatic rings. The Hall–Kier alpha value is -1.83. The van der Waals surface area contributed by atoms with Crippen molar-refractivity contribution in [1.29, 1.82) is 0 Å². The maximum Gasteiger partial charge on any atom is 0.191 e. The predicted molar refractivity (Wildman–Crippen MR) is 114 cm³/mol. The fraction of sp³-hybridized carbons (Fsp3) is 0.350. The largest absolute Gasteiger partial charge is 0.493 e. The van der Waals surface area contributed by atoms with Crippen LogP contribution < -0.4 is 15.4 Å². The standard InChI is InChI=1S/C20H24FN3O.HI/c1-2-22-20(24-14-16-7-3-5-9-18(16)21)23-13-15-11-12-25-19-10-6-4-8-17(15)19;/h3-10,15H,2,11-14H2,1H3,(H2,22,23,24);1H. The summed E-state index contributed by atoms with van der Waals surface area (Å²) >= 11 is 0. The number of nitrogens with one attached hydrogen (secondary N) is 2. The van der Waals surface area contributed by atoms with Crippen LogP contribution in [0.4, 0.5) is 4.39 Å². The molecule has 140 valence electrons. The van der Waals surface area contributed by atoms with E-state index in [1.54, 1.807) is 12.1 Å². The number of halogens is 2. The fourth-order valence-electron chi connectivity index (χ4n) is 2.98. The van der Waals surface area contributed by atoms with Crippen LogP contribution >= 0.6 is 24.0 Å². The van der Waals surface area contributed by atoms with Gasteiger partial charge in [0.15, 0.2) is 5.96 Å². The molecule has 0 saturated heterocycles. The van der Waals surface area contributed by atoms with Crippen LogP contribution in [-0.4, -0.2) is 25.7 Å². The molecule has 2 aromatic rings. The zero-order valence-corrected chi connectivity index (χ0v) is 17.2. The van der Waals surface area contributed by atoms with Gasteiger partial charge in [0.2, 0.25) is 0 Å². The lowest BCUT2D eigenvalue weighted by atomic mass is 9.93.